The molecule has 124 valence electrons. The first-order valence-electron chi connectivity index (χ1n) is 7.57. The van der Waals surface area contributed by atoms with Crippen LogP contribution in [0.3, 0.4) is 0 Å². The van der Waals surface area contributed by atoms with Gasteiger partial charge in [0.15, 0.2) is 0 Å². The SMILES string of the molecule is Cc1cc2cn[nH]c2cc1-c1cc(F)cc2c(N)c(C(N)=O)cnc12. The molecule has 2 aromatic heterocycles. The molecule has 0 aliphatic rings. The maximum atomic E-state index is 14.3. The summed E-state index contributed by atoms with van der Waals surface area (Å²) in [4.78, 5) is 15.8. The minimum Gasteiger partial charge on any atom is -0.397 e. The lowest BCUT2D eigenvalue weighted by molar-refractivity contribution is 0.100. The molecule has 7 heteroatoms. The number of halogens is 1. The first-order chi connectivity index (χ1) is 12.0. The highest BCUT2D eigenvalue weighted by molar-refractivity contribution is 6.09. The number of H-pyrrole nitrogens is 1. The van der Waals surface area contributed by atoms with E-state index in [0.717, 1.165) is 22.0 Å². The Hall–Kier alpha value is -3.48. The van der Waals surface area contributed by atoms with E-state index in [-0.39, 0.29) is 11.3 Å². The Morgan fingerprint density at radius 3 is 2.72 bits per heavy atom. The number of benzene rings is 2. The average Bonchev–Trinajstić information content (AvgIpc) is 3.01. The number of carbonyl (C=O) groups excluding carboxylic acids is 1. The zero-order valence-corrected chi connectivity index (χ0v) is 13.3. The van der Waals surface area contributed by atoms with Crippen molar-refractivity contribution in [3.63, 3.8) is 0 Å². The molecule has 25 heavy (non-hydrogen) atoms. The smallest absolute Gasteiger partial charge is 0.252 e. The number of hydrogen-bond acceptors (Lipinski definition) is 4. The molecule has 0 radical (unpaired) electrons. The number of aryl methyl sites for hydroxylation is 1. The Morgan fingerprint density at radius 1 is 1.16 bits per heavy atom. The number of carbonyl (C=O) groups is 1. The topological polar surface area (TPSA) is 111 Å². The number of aromatic amines is 1. The van der Waals surface area contributed by atoms with Gasteiger partial charge >= 0.3 is 0 Å². The molecular formula is C18H14FN5O. The van der Waals surface area contributed by atoms with Crippen molar-refractivity contribution in [2.45, 2.75) is 6.92 Å². The van der Waals surface area contributed by atoms with E-state index in [2.05, 4.69) is 15.2 Å². The lowest BCUT2D eigenvalue weighted by atomic mass is 9.95. The van der Waals surface area contributed by atoms with Crippen LogP contribution in [-0.4, -0.2) is 21.1 Å². The third kappa shape index (κ3) is 2.28. The fourth-order valence-corrected chi connectivity index (χ4v) is 3.08. The van der Waals surface area contributed by atoms with Crippen LogP contribution < -0.4 is 11.5 Å². The van der Waals surface area contributed by atoms with E-state index in [1.54, 1.807) is 6.20 Å². The van der Waals surface area contributed by atoms with Crippen LogP contribution in [0.5, 0.6) is 0 Å². The van der Waals surface area contributed by atoms with Gasteiger partial charge in [-0.3, -0.25) is 14.9 Å². The second-order valence-electron chi connectivity index (χ2n) is 5.92. The van der Waals surface area contributed by atoms with E-state index in [4.69, 9.17) is 11.5 Å². The molecule has 6 nitrogen and oxygen atoms in total. The van der Waals surface area contributed by atoms with Gasteiger partial charge in [-0.05, 0) is 42.3 Å². The zero-order chi connectivity index (χ0) is 17.7. The van der Waals surface area contributed by atoms with Crippen LogP contribution in [0.1, 0.15) is 15.9 Å². The van der Waals surface area contributed by atoms with E-state index in [1.165, 1.54) is 18.3 Å². The molecule has 0 saturated carbocycles. The summed E-state index contributed by atoms with van der Waals surface area (Å²) >= 11 is 0. The molecule has 0 aliphatic heterocycles. The molecule has 0 saturated heterocycles. The van der Waals surface area contributed by atoms with Crippen LogP contribution in [0.4, 0.5) is 10.1 Å². The zero-order valence-electron chi connectivity index (χ0n) is 13.3. The third-order valence-corrected chi connectivity index (χ3v) is 4.32. The summed E-state index contributed by atoms with van der Waals surface area (Å²) in [6, 6.07) is 6.53. The fourth-order valence-electron chi connectivity index (χ4n) is 3.08. The van der Waals surface area contributed by atoms with Crippen molar-refractivity contribution in [2.75, 3.05) is 5.73 Å². The number of nitrogens with one attached hydrogen (secondary N) is 1. The van der Waals surface area contributed by atoms with E-state index in [9.17, 15) is 9.18 Å². The summed E-state index contributed by atoms with van der Waals surface area (Å²) in [6.07, 6.45) is 3.05. The van der Waals surface area contributed by atoms with Gasteiger partial charge in [-0.1, -0.05) is 0 Å². The maximum Gasteiger partial charge on any atom is 0.252 e. The number of nitrogen functional groups attached to an aromatic ring is 1. The average molecular weight is 335 g/mol. The summed E-state index contributed by atoms with van der Waals surface area (Å²) < 4.78 is 14.3. The number of nitrogens with zero attached hydrogens (tertiary/aromatic N) is 2. The Labute approximate surface area is 141 Å². The Balaban J connectivity index is 2.08. The molecule has 4 rings (SSSR count). The predicted octanol–water partition coefficient (Wildman–Crippen LogP) is 2.91. The Morgan fingerprint density at radius 2 is 1.96 bits per heavy atom. The number of primary amides is 1. The van der Waals surface area contributed by atoms with Crippen molar-refractivity contribution in [1.29, 1.82) is 0 Å². The van der Waals surface area contributed by atoms with Crippen molar-refractivity contribution in [3.8, 4) is 11.1 Å². The number of pyridine rings is 1. The van der Waals surface area contributed by atoms with E-state index >= 15 is 0 Å². The summed E-state index contributed by atoms with van der Waals surface area (Å²) in [7, 11) is 0. The van der Waals surface area contributed by atoms with Crippen molar-refractivity contribution in [2.24, 2.45) is 5.73 Å². The molecule has 0 fully saturated rings. The molecule has 0 bridgehead atoms. The number of fused-ring (bicyclic) bond motifs is 2. The highest BCUT2D eigenvalue weighted by Crippen LogP contribution is 2.35. The van der Waals surface area contributed by atoms with E-state index in [0.29, 0.717) is 16.5 Å². The van der Waals surface area contributed by atoms with Crippen LogP contribution in [0.2, 0.25) is 0 Å². The minimum absolute atomic E-state index is 0.0739. The van der Waals surface area contributed by atoms with Gasteiger partial charge in [0.2, 0.25) is 0 Å². The van der Waals surface area contributed by atoms with Gasteiger partial charge < -0.3 is 11.5 Å². The molecule has 2 heterocycles. The quantitative estimate of drug-likeness (QED) is 0.523. The largest absolute Gasteiger partial charge is 0.397 e. The van der Waals surface area contributed by atoms with Crippen LogP contribution >= 0.6 is 0 Å². The number of nitrogens with two attached hydrogens (primary N) is 2. The van der Waals surface area contributed by atoms with Gasteiger partial charge in [0.05, 0.1) is 28.5 Å². The third-order valence-electron chi connectivity index (χ3n) is 4.32. The Kier molecular flexibility index (Phi) is 3.18. The molecule has 0 spiro atoms. The van der Waals surface area contributed by atoms with Crippen LogP contribution in [-0.2, 0) is 0 Å². The predicted molar refractivity (Wildman–Crippen MR) is 94.5 cm³/mol. The van der Waals surface area contributed by atoms with Crippen LogP contribution in [0.15, 0.2) is 36.7 Å². The Bertz CT molecular complexity index is 1170. The summed E-state index contributed by atoms with van der Waals surface area (Å²) in [5.41, 5.74) is 15.2. The molecule has 0 aliphatic carbocycles. The van der Waals surface area contributed by atoms with E-state index in [1.807, 2.05) is 19.1 Å². The molecule has 2 aromatic carbocycles. The monoisotopic (exact) mass is 335 g/mol. The number of anilines is 1. The molecule has 1 amide bonds. The minimum atomic E-state index is -0.701. The molecular weight excluding hydrogens is 321 g/mol. The van der Waals surface area contributed by atoms with Crippen LogP contribution in [0.25, 0.3) is 32.9 Å². The molecule has 5 N–H and O–H groups in total. The van der Waals surface area contributed by atoms with Crippen molar-refractivity contribution in [1.82, 2.24) is 15.2 Å². The van der Waals surface area contributed by atoms with Gasteiger partial charge in [-0.25, -0.2) is 4.39 Å². The van der Waals surface area contributed by atoms with Crippen LogP contribution in [0, 0.1) is 12.7 Å². The summed E-state index contributed by atoms with van der Waals surface area (Å²) in [6.45, 7) is 1.93. The molecule has 0 unspecified atom stereocenters. The number of aromatic nitrogens is 3. The van der Waals surface area contributed by atoms with Gasteiger partial charge in [-0.15, -0.1) is 0 Å². The summed E-state index contributed by atoms with van der Waals surface area (Å²) in [5.74, 6) is -1.17. The highest BCUT2D eigenvalue weighted by atomic mass is 19.1. The lowest BCUT2D eigenvalue weighted by Crippen LogP contribution is -2.14. The first-order valence-corrected chi connectivity index (χ1v) is 7.57. The summed E-state index contributed by atoms with van der Waals surface area (Å²) in [5, 5.41) is 8.24. The number of amides is 1. The second-order valence-corrected chi connectivity index (χ2v) is 5.92. The first kappa shape index (κ1) is 15.1. The fraction of sp³-hybridized carbons (Fsp3) is 0.0556. The molecule has 4 aromatic rings. The van der Waals surface area contributed by atoms with E-state index < -0.39 is 11.7 Å². The van der Waals surface area contributed by atoms with Gasteiger partial charge in [0, 0.05) is 22.5 Å². The lowest BCUT2D eigenvalue weighted by Gasteiger charge is -2.12. The van der Waals surface area contributed by atoms with Crippen molar-refractivity contribution in [3.05, 3.63) is 53.6 Å². The van der Waals surface area contributed by atoms with Gasteiger partial charge in [0.25, 0.3) is 5.91 Å². The van der Waals surface area contributed by atoms with Gasteiger partial charge in [-0.2, -0.15) is 5.10 Å². The highest BCUT2D eigenvalue weighted by Gasteiger charge is 2.16. The van der Waals surface area contributed by atoms with Crippen molar-refractivity contribution >= 4 is 33.4 Å². The maximum absolute atomic E-state index is 14.3. The molecule has 0 atom stereocenters. The normalized spacial score (nSPS) is 11.3. The van der Waals surface area contributed by atoms with Crippen molar-refractivity contribution < 1.29 is 9.18 Å². The van der Waals surface area contributed by atoms with Gasteiger partial charge in [0.1, 0.15) is 5.82 Å². The second kappa shape index (κ2) is 5.27. The number of rotatable bonds is 2. The number of hydrogen-bond donors (Lipinski definition) is 3. The standard InChI is InChI=1S/C18H14FN5O/c1-8-2-9-6-23-24-15(9)5-11(8)12-3-10(19)4-13-16(20)14(18(21)25)7-22-17(12)13/h2-7H,1H3,(H2,20,22)(H2,21,25)(H,23,24).